The first-order valence-electron chi connectivity index (χ1n) is 6.01. The zero-order valence-electron chi connectivity index (χ0n) is 11.5. The van der Waals surface area contributed by atoms with Gasteiger partial charge < -0.3 is 14.8 Å². The molecule has 2 aromatic rings. The zero-order valence-corrected chi connectivity index (χ0v) is 12.2. The number of aromatic nitrogens is 4. The van der Waals surface area contributed by atoms with Crippen molar-refractivity contribution in [1.82, 2.24) is 25.1 Å². The van der Waals surface area contributed by atoms with Gasteiger partial charge in [-0.15, -0.1) is 0 Å². The van der Waals surface area contributed by atoms with E-state index in [1.165, 1.54) is 25.2 Å². The second kappa shape index (κ2) is 7.11. The molecule has 0 saturated carbocycles. The maximum Gasteiger partial charge on any atom is 0.271 e. The summed E-state index contributed by atoms with van der Waals surface area (Å²) in [6.45, 7) is 0.220. The Morgan fingerprint density at radius 3 is 2.86 bits per heavy atom. The molecule has 112 valence electrons. The van der Waals surface area contributed by atoms with Crippen LogP contribution in [-0.2, 0) is 9.47 Å². The van der Waals surface area contributed by atoms with Gasteiger partial charge in [-0.3, -0.25) is 4.79 Å². The molecule has 0 unspecified atom stereocenters. The van der Waals surface area contributed by atoms with Crippen molar-refractivity contribution < 1.29 is 14.3 Å². The highest BCUT2D eigenvalue weighted by Gasteiger charge is 2.13. The number of nitrogens with one attached hydrogen (secondary N) is 1. The lowest BCUT2D eigenvalue weighted by atomic mass is 10.4. The molecular weight excluding hydrogens is 298 g/mol. The number of nitrogens with zero attached hydrogens (tertiary/aromatic N) is 4. The van der Waals surface area contributed by atoms with Crippen LogP contribution in [0.4, 0.5) is 0 Å². The minimum atomic E-state index is -0.503. The summed E-state index contributed by atoms with van der Waals surface area (Å²) in [6, 6.07) is 3.11. The fourth-order valence-electron chi connectivity index (χ4n) is 1.55. The molecule has 0 aliphatic heterocycles. The van der Waals surface area contributed by atoms with Crippen molar-refractivity contribution in [3.05, 3.63) is 35.5 Å². The second-order valence-electron chi connectivity index (χ2n) is 3.96. The minimum absolute atomic E-state index is 0.220. The molecule has 0 fully saturated rings. The first-order chi connectivity index (χ1) is 10.1. The summed E-state index contributed by atoms with van der Waals surface area (Å²) in [5.41, 5.74) is 0.246. The van der Waals surface area contributed by atoms with Crippen molar-refractivity contribution in [2.75, 3.05) is 20.8 Å². The summed E-state index contributed by atoms with van der Waals surface area (Å²) in [4.78, 5) is 19.7. The van der Waals surface area contributed by atoms with Crippen molar-refractivity contribution in [2.45, 2.75) is 6.29 Å². The molecule has 2 aromatic heterocycles. The minimum Gasteiger partial charge on any atom is -0.354 e. The highest BCUT2D eigenvalue weighted by molar-refractivity contribution is 6.29. The lowest BCUT2D eigenvalue weighted by molar-refractivity contribution is -0.0974. The fraction of sp³-hybridized carbons (Fsp3) is 0.333. The summed E-state index contributed by atoms with van der Waals surface area (Å²) < 4.78 is 11.4. The monoisotopic (exact) mass is 311 g/mol. The van der Waals surface area contributed by atoms with Crippen LogP contribution in [-0.4, -0.2) is 52.7 Å². The van der Waals surface area contributed by atoms with E-state index in [4.69, 9.17) is 21.1 Å². The maximum absolute atomic E-state index is 11.9. The molecule has 1 amide bonds. The molecule has 0 saturated heterocycles. The molecule has 0 aliphatic rings. The van der Waals surface area contributed by atoms with E-state index in [2.05, 4.69) is 20.4 Å². The second-order valence-corrected chi connectivity index (χ2v) is 4.34. The Kier molecular flexibility index (Phi) is 5.20. The quantitative estimate of drug-likeness (QED) is 0.622. The number of carbonyl (C=O) groups is 1. The third kappa shape index (κ3) is 3.97. The molecule has 0 atom stereocenters. The summed E-state index contributed by atoms with van der Waals surface area (Å²) >= 11 is 5.78. The van der Waals surface area contributed by atoms with Gasteiger partial charge in [0.05, 0.1) is 6.54 Å². The van der Waals surface area contributed by atoms with Crippen LogP contribution in [0.5, 0.6) is 0 Å². The molecule has 0 bridgehead atoms. The van der Waals surface area contributed by atoms with E-state index >= 15 is 0 Å². The van der Waals surface area contributed by atoms with Gasteiger partial charge in [0.15, 0.2) is 17.8 Å². The lowest BCUT2D eigenvalue weighted by Gasteiger charge is -2.13. The summed E-state index contributed by atoms with van der Waals surface area (Å²) in [5, 5.41) is 7.07. The number of carbonyl (C=O) groups excluding carboxylic acids is 1. The Morgan fingerprint density at radius 2 is 2.19 bits per heavy atom. The van der Waals surface area contributed by atoms with E-state index in [1.807, 2.05) is 0 Å². The number of hydrogen-bond donors (Lipinski definition) is 1. The van der Waals surface area contributed by atoms with Crippen molar-refractivity contribution in [1.29, 1.82) is 0 Å². The Balaban J connectivity index is 2.04. The molecule has 9 heteroatoms. The van der Waals surface area contributed by atoms with Gasteiger partial charge in [0.2, 0.25) is 0 Å². The molecule has 8 nitrogen and oxygen atoms in total. The normalized spacial score (nSPS) is 10.9. The number of amides is 1. The predicted molar refractivity (Wildman–Crippen MR) is 74.3 cm³/mol. The van der Waals surface area contributed by atoms with Crippen molar-refractivity contribution in [3.8, 4) is 5.82 Å². The Morgan fingerprint density at radius 1 is 1.43 bits per heavy atom. The molecule has 0 aliphatic carbocycles. The molecule has 2 rings (SSSR count). The topological polar surface area (TPSA) is 91.2 Å². The molecule has 0 radical (unpaired) electrons. The number of halogens is 1. The SMILES string of the molecule is COC(CNC(=O)c1ccn(-c2cc(Cl)ncn2)n1)OC. The van der Waals surface area contributed by atoms with Gasteiger partial charge in [-0.1, -0.05) is 11.6 Å². The van der Waals surface area contributed by atoms with Gasteiger partial charge in [0, 0.05) is 26.5 Å². The summed E-state index contributed by atoms with van der Waals surface area (Å²) in [5.74, 6) is 0.133. The molecule has 0 aromatic carbocycles. The Hall–Kier alpha value is -2.03. The van der Waals surface area contributed by atoms with Gasteiger partial charge in [0.1, 0.15) is 11.5 Å². The van der Waals surface area contributed by atoms with E-state index in [-0.39, 0.29) is 18.1 Å². The summed E-state index contributed by atoms with van der Waals surface area (Å²) in [6.07, 6.45) is 2.43. The average Bonchev–Trinajstić information content (AvgIpc) is 2.98. The standard InChI is InChI=1S/C12H14ClN5O3/c1-20-11(21-2)6-14-12(19)8-3-4-18(17-8)10-5-9(13)15-7-16-10/h3-5,7,11H,6H2,1-2H3,(H,14,19). The number of ether oxygens (including phenoxy) is 2. The number of hydrogen-bond acceptors (Lipinski definition) is 6. The van der Waals surface area contributed by atoms with Crippen LogP contribution in [0.25, 0.3) is 5.82 Å². The zero-order chi connectivity index (χ0) is 15.2. The maximum atomic E-state index is 11.9. The van der Waals surface area contributed by atoms with Gasteiger partial charge in [-0.2, -0.15) is 5.10 Å². The van der Waals surface area contributed by atoms with E-state index in [1.54, 1.807) is 18.3 Å². The van der Waals surface area contributed by atoms with Crippen LogP contribution in [0, 0.1) is 0 Å². The van der Waals surface area contributed by atoms with Gasteiger partial charge in [-0.05, 0) is 6.07 Å². The third-order valence-electron chi connectivity index (χ3n) is 2.63. The molecular formula is C12H14ClN5O3. The van der Waals surface area contributed by atoms with Crippen LogP contribution in [0.3, 0.4) is 0 Å². The predicted octanol–water partition coefficient (Wildman–Crippen LogP) is 0.664. The van der Waals surface area contributed by atoms with Crippen LogP contribution in [0.15, 0.2) is 24.7 Å². The Labute approximate surface area is 126 Å². The smallest absolute Gasteiger partial charge is 0.271 e. The lowest BCUT2D eigenvalue weighted by Crippen LogP contribution is -2.34. The van der Waals surface area contributed by atoms with Gasteiger partial charge >= 0.3 is 0 Å². The third-order valence-corrected chi connectivity index (χ3v) is 2.84. The fourth-order valence-corrected chi connectivity index (χ4v) is 1.69. The first-order valence-corrected chi connectivity index (χ1v) is 6.39. The molecule has 21 heavy (non-hydrogen) atoms. The van der Waals surface area contributed by atoms with Gasteiger partial charge in [0.25, 0.3) is 5.91 Å². The van der Waals surface area contributed by atoms with Crippen LogP contribution < -0.4 is 5.32 Å². The molecule has 1 N–H and O–H groups in total. The van der Waals surface area contributed by atoms with Crippen molar-refractivity contribution in [3.63, 3.8) is 0 Å². The van der Waals surface area contributed by atoms with Crippen molar-refractivity contribution in [2.24, 2.45) is 0 Å². The van der Waals surface area contributed by atoms with Crippen LogP contribution >= 0.6 is 11.6 Å². The Bertz CT molecular complexity index is 614. The molecule has 2 heterocycles. The largest absolute Gasteiger partial charge is 0.354 e. The van der Waals surface area contributed by atoms with Crippen molar-refractivity contribution >= 4 is 17.5 Å². The first kappa shape index (κ1) is 15.4. The average molecular weight is 312 g/mol. The highest BCUT2D eigenvalue weighted by Crippen LogP contribution is 2.09. The van der Waals surface area contributed by atoms with Gasteiger partial charge in [-0.25, -0.2) is 14.6 Å². The van der Waals surface area contributed by atoms with E-state index in [0.717, 1.165) is 0 Å². The number of rotatable bonds is 6. The van der Waals surface area contributed by atoms with E-state index in [9.17, 15) is 4.79 Å². The summed E-state index contributed by atoms with van der Waals surface area (Å²) in [7, 11) is 2.99. The van der Waals surface area contributed by atoms with Crippen LogP contribution in [0.1, 0.15) is 10.5 Å². The molecule has 0 spiro atoms. The highest BCUT2D eigenvalue weighted by atomic mass is 35.5. The van der Waals surface area contributed by atoms with E-state index < -0.39 is 6.29 Å². The van der Waals surface area contributed by atoms with Crippen LogP contribution in [0.2, 0.25) is 5.15 Å². The van der Waals surface area contributed by atoms with E-state index in [0.29, 0.717) is 11.0 Å². The number of methoxy groups -OCH3 is 2.